The molecule has 0 radical (unpaired) electrons. The molecule has 2 aliphatic rings. The van der Waals surface area contributed by atoms with Gasteiger partial charge < -0.3 is 19.5 Å². The number of hydrogen-bond acceptors (Lipinski definition) is 6. The molecule has 0 bridgehead atoms. The fraction of sp³-hybridized carbons (Fsp3) is 0.667. The number of pyridine rings is 1. The first kappa shape index (κ1) is 18.1. The zero-order chi connectivity index (χ0) is 17.6. The Morgan fingerprint density at radius 1 is 1.48 bits per heavy atom. The highest BCUT2D eigenvalue weighted by Gasteiger charge is 2.42. The van der Waals surface area contributed by atoms with Crippen LogP contribution in [-0.4, -0.2) is 68.5 Å². The number of nitrogens with zero attached hydrogens (tertiary/aromatic N) is 2. The number of methoxy groups -OCH3 is 2. The molecule has 0 spiro atoms. The van der Waals surface area contributed by atoms with Gasteiger partial charge in [0, 0.05) is 51.2 Å². The SMILES string of the molecule is COCCNC(=O)[C@H]1C[C@H]2OCC[C@H]2N(Cc2cccnc2OC)C1. The Balaban J connectivity index is 1.69. The minimum Gasteiger partial charge on any atom is -0.481 e. The highest BCUT2D eigenvalue weighted by molar-refractivity contribution is 5.79. The topological polar surface area (TPSA) is 72.9 Å². The molecule has 3 atom stereocenters. The van der Waals surface area contributed by atoms with Crippen molar-refractivity contribution in [3.63, 3.8) is 0 Å². The van der Waals surface area contributed by atoms with E-state index in [4.69, 9.17) is 14.2 Å². The summed E-state index contributed by atoms with van der Waals surface area (Å²) in [4.78, 5) is 19.1. The minimum absolute atomic E-state index is 0.0705. The van der Waals surface area contributed by atoms with E-state index in [-0.39, 0.29) is 17.9 Å². The van der Waals surface area contributed by atoms with Crippen LogP contribution in [0.25, 0.3) is 0 Å². The van der Waals surface area contributed by atoms with Crippen molar-refractivity contribution in [2.24, 2.45) is 5.92 Å². The van der Waals surface area contributed by atoms with Gasteiger partial charge in [-0.15, -0.1) is 0 Å². The summed E-state index contributed by atoms with van der Waals surface area (Å²) < 4.78 is 16.3. The molecular formula is C18H27N3O4. The molecule has 1 aromatic rings. The van der Waals surface area contributed by atoms with Crippen molar-refractivity contribution in [1.29, 1.82) is 0 Å². The first-order valence-electron chi connectivity index (χ1n) is 8.83. The average molecular weight is 349 g/mol. The fourth-order valence-electron chi connectivity index (χ4n) is 3.79. The summed E-state index contributed by atoms with van der Waals surface area (Å²) in [5, 5.41) is 2.96. The summed E-state index contributed by atoms with van der Waals surface area (Å²) in [6.45, 7) is 3.26. The van der Waals surface area contributed by atoms with E-state index in [1.54, 1.807) is 20.4 Å². The molecule has 0 saturated carbocycles. The summed E-state index contributed by atoms with van der Waals surface area (Å²) >= 11 is 0. The van der Waals surface area contributed by atoms with Crippen LogP contribution in [0.1, 0.15) is 18.4 Å². The molecule has 1 amide bonds. The summed E-state index contributed by atoms with van der Waals surface area (Å²) in [7, 11) is 3.27. The molecule has 138 valence electrons. The molecule has 0 aliphatic carbocycles. The molecule has 2 aliphatic heterocycles. The number of carbonyl (C=O) groups is 1. The van der Waals surface area contributed by atoms with Gasteiger partial charge in [0.05, 0.1) is 25.7 Å². The van der Waals surface area contributed by atoms with Gasteiger partial charge >= 0.3 is 0 Å². The molecule has 2 fully saturated rings. The van der Waals surface area contributed by atoms with Crippen LogP contribution in [0.2, 0.25) is 0 Å². The highest BCUT2D eigenvalue weighted by atomic mass is 16.5. The lowest BCUT2D eigenvalue weighted by atomic mass is 9.89. The summed E-state index contributed by atoms with van der Waals surface area (Å²) in [6, 6.07) is 4.30. The molecule has 25 heavy (non-hydrogen) atoms. The number of hydrogen-bond donors (Lipinski definition) is 1. The summed E-state index contributed by atoms with van der Waals surface area (Å²) in [6.07, 6.45) is 3.64. The van der Waals surface area contributed by atoms with E-state index in [0.29, 0.717) is 31.6 Å². The van der Waals surface area contributed by atoms with Crippen LogP contribution in [0.4, 0.5) is 0 Å². The van der Waals surface area contributed by atoms with Crippen LogP contribution in [0.3, 0.4) is 0 Å². The van der Waals surface area contributed by atoms with Crippen LogP contribution in [0, 0.1) is 5.92 Å². The van der Waals surface area contributed by atoms with Gasteiger partial charge in [-0.25, -0.2) is 4.98 Å². The predicted octanol–water partition coefficient (Wildman–Crippen LogP) is 0.832. The lowest BCUT2D eigenvalue weighted by Crippen LogP contribution is -2.52. The Bertz CT molecular complexity index is 583. The van der Waals surface area contributed by atoms with Crippen molar-refractivity contribution in [1.82, 2.24) is 15.2 Å². The van der Waals surface area contributed by atoms with Crippen molar-refractivity contribution >= 4 is 5.91 Å². The van der Waals surface area contributed by atoms with Crippen molar-refractivity contribution in [3.05, 3.63) is 23.9 Å². The number of carbonyl (C=O) groups excluding carboxylic acids is 1. The molecule has 0 unspecified atom stereocenters. The zero-order valence-electron chi connectivity index (χ0n) is 14.9. The highest BCUT2D eigenvalue weighted by Crippen LogP contribution is 2.33. The maximum atomic E-state index is 12.5. The predicted molar refractivity (Wildman–Crippen MR) is 92.3 cm³/mol. The second-order valence-electron chi connectivity index (χ2n) is 6.58. The Morgan fingerprint density at radius 3 is 3.16 bits per heavy atom. The monoisotopic (exact) mass is 349 g/mol. The van der Waals surface area contributed by atoms with E-state index < -0.39 is 0 Å². The maximum Gasteiger partial charge on any atom is 0.224 e. The van der Waals surface area contributed by atoms with Gasteiger partial charge in [0.25, 0.3) is 0 Å². The van der Waals surface area contributed by atoms with E-state index in [2.05, 4.69) is 15.2 Å². The van der Waals surface area contributed by atoms with Gasteiger partial charge in [-0.3, -0.25) is 9.69 Å². The number of rotatable bonds is 7. The molecule has 0 aromatic carbocycles. The van der Waals surface area contributed by atoms with Crippen molar-refractivity contribution in [3.8, 4) is 5.88 Å². The summed E-state index contributed by atoms with van der Waals surface area (Å²) in [5.41, 5.74) is 1.04. The van der Waals surface area contributed by atoms with E-state index in [0.717, 1.165) is 31.6 Å². The number of nitrogens with one attached hydrogen (secondary N) is 1. The average Bonchev–Trinajstić information content (AvgIpc) is 3.11. The van der Waals surface area contributed by atoms with Crippen LogP contribution in [0.5, 0.6) is 5.88 Å². The van der Waals surface area contributed by atoms with Crippen LogP contribution in [0.15, 0.2) is 18.3 Å². The second-order valence-corrected chi connectivity index (χ2v) is 6.58. The standard InChI is InChI=1S/C18H27N3O4/c1-23-9-7-19-17(22)14-10-16-15(5-8-25-16)21(12-14)11-13-4-3-6-20-18(13)24-2/h3-4,6,14-16H,5,7-12H2,1-2H3,(H,19,22)/t14-,15+,16+/m0/s1. The van der Waals surface area contributed by atoms with Crippen molar-refractivity contribution in [2.45, 2.75) is 31.5 Å². The minimum atomic E-state index is -0.0705. The third kappa shape index (κ3) is 4.29. The lowest BCUT2D eigenvalue weighted by Gasteiger charge is -2.40. The first-order valence-corrected chi connectivity index (χ1v) is 8.83. The zero-order valence-corrected chi connectivity index (χ0v) is 14.9. The van der Waals surface area contributed by atoms with E-state index in [1.807, 2.05) is 12.1 Å². The van der Waals surface area contributed by atoms with E-state index in [9.17, 15) is 4.79 Å². The van der Waals surface area contributed by atoms with Crippen LogP contribution < -0.4 is 10.1 Å². The first-order chi connectivity index (χ1) is 12.2. The number of aromatic nitrogens is 1. The number of ether oxygens (including phenoxy) is 3. The van der Waals surface area contributed by atoms with Crippen molar-refractivity contribution in [2.75, 3.05) is 40.5 Å². The van der Waals surface area contributed by atoms with E-state index >= 15 is 0 Å². The quantitative estimate of drug-likeness (QED) is 0.735. The van der Waals surface area contributed by atoms with Gasteiger partial charge in [-0.2, -0.15) is 0 Å². The third-order valence-electron chi connectivity index (χ3n) is 5.01. The number of piperidine rings is 1. The Labute approximate surface area is 148 Å². The van der Waals surface area contributed by atoms with Crippen LogP contribution in [-0.2, 0) is 20.8 Å². The smallest absolute Gasteiger partial charge is 0.224 e. The molecular weight excluding hydrogens is 322 g/mol. The lowest BCUT2D eigenvalue weighted by molar-refractivity contribution is -0.130. The molecule has 3 rings (SSSR count). The largest absolute Gasteiger partial charge is 0.481 e. The Hall–Kier alpha value is -1.70. The molecule has 7 heteroatoms. The second kappa shape index (κ2) is 8.60. The van der Waals surface area contributed by atoms with Gasteiger partial charge in [0.2, 0.25) is 11.8 Å². The van der Waals surface area contributed by atoms with Gasteiger partial charge in [0.1, 0.15) is 0 Å². The number of fused-ring (bicyclic) bond motifs is 1. The Morgan fingerprint density at radius 2 is 2.36 bits per heavy atom. The molecule has 3 heterocycles. The van der Waals surface area contributed by atoms with Gasteiger partial charge in [-0.05, 0) is 18.9 Å². The molecule has 1 N–H and O–H groups in total. The van der Waals surface area contributed by atoms with Crippen molar-refractivity contribution < 1.29 is 19.0 Å². The number of likely N-dealkylation sites (tertiary alicyclic amines) is 1. The molecule has 7 nitrogen and oxygen atoms in total. The third-order valence-corrected chi connectivity index (χ3v) is 5.01. The number of amides is 1. The molecule has 2 saturated heterocycles. The van der Waals surface area contributed by atoms with Crippen LogP contribution >= 0.6 is 0 Å². The summed E-state index contributed by atoms with van der Waals surface area (Å²) in [5.74, 6) is 0.651. The van der Waals surface area contributed by atoms with Gasteiger partial charge in [-0.1, -0.05) is 6.07 Å². The normalized spacial score (nSPS) is 26.2. The Kier molecular flexibility index (Phi) is 6.23. The fourth-order valence-corrected chi connectivity index (χ4v) is 3.79. The maximum absolute atomic E-state index is 12.5. The van der Waals surface area contributed by atoms with Gasteiger partial charge in [0.15, 0.2) is 0 Å². The van der Waals surface area contributed by atoms with E-state index in [1.165, 1.54) is 0 Å². The molecule has 1 aromatic heterocycles.